The second-order valence-electron chi connectivity index (χ2n) is 5.76. The van der Waals surface area contributed by atoms with E-state index in [0.717, 1.165) is 12.0 Å². The molecule has 1 aliphatic rings. The van der Waals surface area contributed by atoms with Crippen LogP contribution in [0, 0.1) is 33.6 Å². The predicted octanol–water partition coefficient (Wildman–Crippen LogP) is 3.38. The van der Waals surface area contributed by atoms with Crippen molar-refractivity contribution in [1.29, 1.82) is 0 Å². The van der Waals surface area contributed by atoms with Gasteiger partial charge in [-0.3, -0.25) is 0 Å². The number of hydrogen-bond donors (Lipinski definition) is 1. The van der Waals surface area contributed by atoms with E-state index < -0.39 is 6.10 Å². The third-order valence-electron chi connectivity index (χ3n) is 4.40. The van der Waals surface area contributed by atoms with Crippen LogP contribution in [0.4, 0.5) is 0 Å². The second-order valence-corrected chi connectivity index (χ2v) is 5.76. The van der Waals surface area contributed by atoms with Crippen molar-refractivity contribution >= 4 is 0 Å². The summed E-state index contributed by atoms with van der Waals surface area (Å²) in [6, 6.07) is 2.20. The van der Waals surface area contributed by atoms with Crippen LogP contribution in [0.5, 0.6) is 0 Å². The van der Waals surface area contributed by atoms with Gasteiger partial charge < -0.3 is 9.84 Å². The molecule has 0 radical (unpaired) electrons. The Hall–Kier alpha value is -0.860. The summed E-state index contributed by atoms with van der Waals surface area (Å²) in [6.45, 7) is 11.2. The lowest BCUT2D eigenvalue weighted by atomic mass is 9.85. The molecule has 3 unspecified atom stereocenters. The maximum Gasteiger partial charge on any atom is 0.0846 e. The maximum absolute atomic E-state index is 10.7. The largest absolute Gasteiger partial charge is 0.388 e. The van der Waals surface area contributed by atoms with Crippen molar-refractivity contribution in [3.63, 3.8) is 0 Å². The molecule has 1 aliphatic heterocycles. The van der Waals surface area contributed by atoms with Crippen molar-refractivity contribution in [2.45, 2.75) is 53.2 Å². The number of aliphatic hydroxyl groups excluding tert-OH is 1. The predicted molar refractivity (Wildman–Crippen MR) is 73.9 cm³/mol. The number of aliphatic hydroxyl groups is 1. The molecule has 0 aliphatic carbocycles. The van der Waals surface area contributed by atoms with Crippen molar-refractivity contribution < 1.29 is 9.84 Å². The molecule has 2 rings (SSSR count). The molecule has 18 heavy (non-hydrogen) atoms. The molecule has 0 amide bonds. The fourth-order valence-electron chi connectivity index (χ4n) is 3.00. The van der Waals surface area contributed by atoms with Crippen LogP contribution in [0.1, 0.15) is 47.3 Å². The standard InChI is InChI=1S/C16H24O2/c1-9-6-10(2)13(5)15(12(9)4)16(17)14-7-11(3)18-8-14/h6,11,14,16-17H,7-8H2,1-5H3. The van der Waals surface area contributed by atoms with Crippen molar-refractivity contribution in [2.75, 3.05) is 6.61 Å². The molecule has 2 heteroatoms. The minimum absolute atomic E-state index is 0.235. The number of rotatable bonds is 2. The molecule has 3 atom stereocenters. The highest BCUT2D eigenvalue weighted by Crippen LogP contribution is 2.36. The molecule has 1 saturated heterocycles. The normalized spacial score (nSPS) is 25.4. The van der Waals surface area contributed by atoms with Gasteiger partial charge in [0, 0.05) is 5.92 Å². The Kier molecular flexibility index (Phi) is 3.79. The first-order valence-electron chi connectivity index (χ1n) is 6.78. The average Bonchev–Trinajstić information content (AvgIpc) is 2.73. The van der Waals surface area contributed by atoms with Gasteiger partial charge in [0.15, 0.2) is 0 Å². The van der Waals surface area contributed by atoms with Gasteiger partial charge in [0.1, 0.15) is 0 Å². The smallest absolute Gasteiger partial charge is 0.0846 e. The Balaban J connectivity index is 2.38. The monoisotopic (exact) mass is 248 g/mol. The Morgan fingerprint density at radius 3 is 2.17 bits per heavy atom. The zero-order valence-electron chi connectivity index (χ0n) is 12.1. The zero-order valence-corrected chi connectivity index (χ0v) is 12.1. The molecular weight excluding hydrogens is 224 g/mol. The number of ether oxygens (including phenoxy) is 1. The van der Waals surface area contributed by atoms with Crippen LogP contribution < -0.4 is 0 Å². The molecule has 1 fully saturated rings. The van der Waals surface area contributed by atoms with E-state index in [1.165, 1.54) is 22.3 Å². The fraction of sp³-hybridized carbons (Fsp3) is 0.625. The van der Waals surface area contributed by atoms with E-state index in [1.807, 2.05) is 0 Å². The lowest BCUT2D eigenvalue weighted by molar-refractivity contribution is 0.0797. The minimum atomic E-state index is -0.395. The second kappa shape index (κ2) is 5.02. The molecule has 1 aromatic carbocycles. The highest BCUT2D eigenvalue weighted by molar-refractivity contribution is 5.45. The van der Waals surface area contributed by atoms with Gasteiger partial charge in [0.25, 0.3) is 0 Å². The van der Waals surface area contributed by atoms with E-state index in [4.69, 9.17) is 4.74 Å². The highest BCUT2D eigenvalue weighted by atomic mass is 16.5. The summed E-state index contributed by atoms with van der Waals surface area (Å²) in [7, 11) is 0. The van der Waals surface area contributed by atoms with Gasteiger partial charge >= 0.3 is 0 Å². The molecule has 100 valence electrons. The van der Waals surface area contributed by atoms with Crippen molar-refractivity contribution in [1.82, 2.24) is 0 Å². The third-order valence-corrected chi connectivity index (χ3v) is 4.40. The average molecular weight is 248 g/mol. The summed E-state index contributed by atoms with van der Waals surface area (Å²) >= 11 is 0. The van der Waals surface area contributed by atoms with Gasteiger partial charge in [-0.2, -0.15) is 0 Å². The first kappa shape index (κ1) is 13.6. The van der Waals surface area contributed by atoms with Crippen molar-refractivity contribution in [3.8, 4) is 0 Å². The molecule has 1 heterocycles. The van der Waals surface area contributed by atoms with Gasteiger partial charge in [-0.1, -0.05) is 6.07 Å². The van der Waals surface area contributed by atoms with Crippen LogP contribution in [-0.4, -0.2) is 17.8 Å². The van der Waals surface area contributed by atoms with E-state index in [1.54, 1.807) is 0 Å². The molecule has 0 aromatic heterocycles. The fourth-order valence-corrected chi connectivity index (χ4v) is 3.00. The van der Waals surface area contributed by atoms with Crippen LogP contribution in [0.3, 0.4) is 0 Å². The Morgan fingerprint density at radius 2 is 1.72 bits per heavy atom. The van der Waals surface area contributed by atoms with Gasteiger partial charge in [0.2, 0.25) is 0 Å². The van der Waals surface area contributed by atoms with Gasteiger partial charge in [-0.15, -0.1) is 0 Å². The van der Waals surface area contributed by atoms with Crippen LogP contribution in [0.2, 0.25) is 0 Å². The van der Waals surface area contributed by atoms with Crippen LogP contribution in [0.25, 0.3) is 0 Å². The van der Waals surface area contributed by atoms with Gasteiger partial charge in [-0.05, 0) is 68.9 Å². The number of aryl methyl sites for hydroxylation is 2. The lowest BCUT2D eigenvalue weighted by Gasteiger charge is -2.23. The molecule has 1 N–H and O–H groups in total. The highest BCUT2D eigenvalue weighted by Gasteiger charge is 2.31. The van der Waals surface area contributed by atoms with Crippen LogP contribution >= 0.6 is 0 Å². The summed E-state index contributed by atoms with van der Waals surface area (Å²) < 4.78 is 5.59. The van der Waals surface area contributed by atoms with Crippen molar-refractivity contribution in [3.05, 3.63) is 33.9 Å². The molecule has 1 aromatic rings. The molecular formula is C16H24O2. The Bertz CT molecular complexity index is 425. The third kappa shape index (κ3) is 2.32. The summed E-state index contributed by atoms with van der Waals surface area (Å²) in [5.74, 6) is 0.235. The van der Waals surface area contributed by atoms with Gasteiger partial charge in [0.05, 0.1) is 18.8 Å². The molecule has 2 nitrogen and oxygen atoms in total. The topological polar surface area (TPSA) is 29.5 Å². The maximum atomic E-state index is 10.7. The van der Waals surface area contributed by atoms with E-state index in [9.17, 15) is 5.11 Å². The minimum Gasteiger partial charge on any atom is -0.388 e. The first-order chi connectivity index (χ1) is 8.41. The summed E-state index contributed by atoms with van der Waals surface area (Å²) in [6.07, 6.45) is 0.831. The first-order valence-corrected chi connectivity index (χ1v) is 6.78. The quantitative estimate of drug-likeness (QED) is 0.869. The molecule has 0 bridgehead atoms. The Morgan fingerprint density at radius 1 is 1.17 bits per heavy atom. The molecule has 0 spiro atoms. The van der Waals surface area contributed by atoms with E-state index >= 15 is 0 Å². The van der Waals surface area contributed by atoms with E-state index in [0.29, 0.717) is 6.61 Å². The number of benzene rings is 1. The summed E-state index contributed by atoms with van der Waals surface area (Å²) in [4.78, 5) is 0. The Labute approximate surface area is 110 Å². The van der Waals surface area contributed by atoms with E-state index in [-0.39, 0.29) is 12.0 Å². The zero-order chi connectivity index (χ0) is 13.4. The molecule has 0 saturated carbocycles. The lowest BCUT2D eigenvalue weighted by Crippen LogP contribution is -2.16. The summed E-state index contributed by atoms with van der Waals surface area (Å²) in [5, 5.41) is 10.7. The van der Waals surface area contributed by atoms with Crippen molar-refractivity contribution in [2.24, 2.45) is 5.92 Å². The SMILES string of the molecule is Cc1cc(C)c(C)c(C(O)C2COC(C)C2)c1C. The summed E-state index contributed by atoms with van der Waals surface area (Å²) in [5.41, 5.74) is 6.10. The number of hydrogen-bond acceptors (Lipinski definition) is 2. The van der Waals surface area contributed by atoms with E-state index in [2.05, 4.69) is 40.7 Å². The van der Waals surface area contributed by atoms with Crippen LogP contribution in [0.15, 0.2) is 6.07 Å². The van der Waals surface area contributed by atoms with Gasteiger partial charge in [-0.25, -0.2) is 0 Å². The van der Waals surface area contributed by atoms with Crippen LogP contribution in [-0.2, 0) is 4.74 Å².